The van der Waals surface area contributed by atoms with Crippen LogP contribution in [0.3, 0.4) is 0 Å². The maximum Gasteiger partial charge on any atom is 0.279 e. The first kappa shape index (κ1) is 14.9. The molecule has 0 fully saturated rings. The van der Waals surface area contributed by atoms with Gasteiger partial charge in [-0.25, -0.2) is 4.39 Å². The zero-order valence-electron chi connectivity index (χ0n) is 10.4. The zero-order valence-corrected chi connectivity index (χ0v) is 12.8. The molecule has 6 nitrogen and oxygen atoms in total. The minimum absolute atomic E-state index is 0.0887. The summed E-state index contributed by atoms with van der Waals surface area (Å²) in [6.07, 6.45) is 1.41. The molecule has 1 heterocycles. The fraction of sp³-hybridized carbons (Fsp3) is 0.182. The summed E-state index contributed by atoms with van der Waals surface area (Å²) >= 11 is 3.11. The van der Waals surface area contributed by atoms with Gasteiger partial charge in [0.05, 0.1) is 11.9 Å². The minimum atomic E-state index is -3.92. The topological polar surface area (TPSA) is 86.9 Å². The van der Waals surface area contributed by atoms with Gasteiger partial charge >= 0.3 is 0 Å². The Balaban J connectivity index is 2.33. The SMILES string of the molecule is CNCc1cn[nH]c1S(=O)(=O)Nc1ccc(Br)cc1F. The van der Waals surface area contributed by atoms with Gasteiger partial charge in [0.1, 0.15) is 5.82 Å². The van der Waals surface area contributed by atoms with E-state index in [4.69, 9.17) is 0 Å². The van der Waals surface area contributed by atoms with Gasteiger partial charge in [-0.05, 0) is 25.2 Å². The number of rotatable bonds is 5. The number of sulfonamides is 1. The van der Waals surface area contributed by atoms with Gasteiger partial charge in [-0.15, -0.1) is 0 Å². The van der Waals surface area contributed by atoms with E-state index in [0.717, 1.165) is 0 Å². The number of hydrogen-bond acceptors (Lipinski definition) is 4. The highest BCUT2D eigenvalue weighted by molar-refractivity contribution is 9.10. The van der Waals surface area contributed by atoms with Crippen molar-refractivity contribution in [2.45, 2.75) is 11.6 Å². The summed E-state index contributed by atoms with van der Waals surface area (Å²) in [5.74, 6) is -0.669. The van der Waals surface area contributed by atoms with Crippen molar-refractivity contribution < 1.29 is 12.8 Å². The Bertz CT molecular complexity index is 717. The number of halogens is 2. The standard InChI is InChI=1S/C11H12BrFN4O2S/c1-14-5-7-6-15-16-11(7)20(18,19)17-10-3-2-8(12)4-9(10)13/h2-4,6,14,17H,5H2,1H3,(H,15,16). The van der Waals surface area contributed by atoms with Crippen molar-refractivity contribution in [2.75, 3.05) is 11.8 Å². The van der Waals surface area contributed by atoms with E-state index in [0.29, 0.717) is 16.6 Å². The van der Waals surface area contributed by atoms with Crippen LogP contribution in [0.25, 0.3) is 0 Å². The summed E-state index contributed by atoms with van der Waals surface area (Å²) < 4.78 is 40.8. The summed E-state index contributed by atoms with van der Waals surface area (Å²) in [6.45, 7) is 0.329. The third kappa shape index (κ3) is 3.17. The van der Waals surface area contributed by atoms with E-state index >= 15 is 0 Å². The average molecular weight is 363 g/mol. The molecule has 20 heavy (non-hydrogen) atoms. The molecule has 1 aromatic heterocycles. The van der Waals surface area contributed by atoms with Crippen molar-refractivity contribution in [3.63, 3.8) is 0 Å². The van der Waals surface area contributed by atoms with Crippen molar-refractivity contribution in [1.29, 1.82) is 0 Å². The van der Waals surface area contributed by atoms with Gasteiger partial charge in [-0.2, -0.15) is 13.5 Å². The van der Waals surface area contributed by atoms with E-state index in [1.54, 1.807) is 13.1 Å². The van der Waals surface area contributed by atoms with Crippen LogP contribution < -0.4 is 10.0 Å². The van der Waals surface area contributed by atoms with Crippen LogP contribution >= 0.6 is 15.9 Å². The Kier molecular flexibility index (Phi) is 4.41. The second-order valence-electron chi connectivity index (χ2n) is 3.98. The number of hydrogen-bond donors (Lipinski definition) is 3. The molecule has 0 atom stereocenters. The number of nitrogens with zero attached hydrogens (tertiary/aromatic N) is 1. The molecular weight excluding hydrogens is 351 g/mol. The lowest BCUT2D eigenvalue weighted by Crippen LogP contribution is -2.17. The molecule has 108 valence electrons. The largest absolute Gasteiger partial charge is 0.316 e. The smallest absolute Gasteiger partial charge is 0.279 e. The van der Waals surface area contributed by atoms with Crippen molar-refractivity contribution >= 4 is 31.6 Å². The third-order valence-corrected chi connectivity index (χ3v) is 4.36. The first-order chi connectivity index (χ1) is 9.44. The molecule has 0 unspecified atom stereocenters. The van der Waals surface area contributed by atoms with Crippen LogP contribution in [-0.2, 0) is 16.6 Å². The summed E-state index contributed by atoms with van der Waals surface area (Å²) in [4.78, 5) is 0. The minimum Gasteiger partial charge on any atom is -0.316 e. The number of aromatic amines is 1. The van der Waals surface area contributed by atoms with E-state index in [2.05, 4.69) is 36.2 Å². The molecule has 2 rings (SSSR count). The highest BCUT2D eigenvalue weighted by atomic mass is 79.9. The molecule has 1 aromatic carbocycles. The van der Waals surface area contributed by atoms with E-state index in [9.17, 15) is 12.8 Å². The first-order valence-corrected chi connectivity index (χ1v) is 7.86. The zero-order chi connectivity index (χ0) is 14.8. The fourth-order valence-corrected chi connectivity index (χ4v) is 3.15. The molecule has 0 aliphatic heterocycles. The summed E-state index contributed by atoms with van der Waals surface area (Å²) in [6, 6.07) is 4.06. The van der Waals surface area contributed by atoms with Crippen LogP contribution in [0.1, 0.15) is 5.56 Å². The summed E-state index contributed by atoms with van der Waals surface area (Å²) in [5.41, 5.74) is 0.343. The molecule has 3 N–H and O–H groups in total. The average Bonchev–Trinajstić information content (AvgIpc) is 2.82. The molecule has 0 aliphatic rings. The number of nitrogens with one attached hydrogen (secondary N) is 3. The molecule has 0 spiro atoms. The van der Waals surface area contributed by atoms with Crippen molar-refractivity contribution in [2.24, 2.45) is 0 Å². The van der Waals surface area contributed by atoms with Gasteiger partial charge in [-0.3, -0.25) is 9.82 Å². The van der Waals surface area contributed by atoms with Crippen LogP contribution in [0.4, 0.5) is 10.1 Å². The van der Waals surface area contributed by atoms with Crippen LogP contribution in [-0.4, -0.2) is 25.7 Å². The Hall–Kier alpha value is -1.45. The lowest BCUT2D eigenvalue weighted by atomic mass is 10.3. The van der Waals surface area contributed by atoms with Crippen LogP contribution in [0.5, 0.6) is 0 Å². The van der Waals surface area contributed by atoms with E-state index < -0.39 is 15.8 Å². The summed E-state index contributed by atoms with van der Waals surface area (Å²) in [7, 11) is -2.24. The van der Waals surface area contributed by atoms with Crippen LogP contribution in [0, 0.1) is 5.82 Å². The molecule has 0 aliphatic carbocycles. The van der Waals surface area contributed by atoms with Gasteiger partial charge in [0.25, 0.3) is 10.0 Å². The molecule has 0 radical (unpaired) electrons. The molecular formula is C11H12BrFN4O2S. The second-order valence-corrected chi connectivity index (χ2v) is 6.52. The Labute approximate surface area is 124 Å². The normalized spacial score (nSPS) is 11.6. The molecule has 2 aromatic rings. The molecule has 0 bridgehead atoms. The Morgan fingerprint density at radius 1 is 1.45 bits per heavy atom. The first-order valence-electron chi connectivity index (χ1n) is 5.59. The highest BCUT2D eigenvalue weighted by Gasteiger charge is 2.21. The quantitative estimate of drug-likeness (QED) is 0.757. The van der Waals surface area contributed by atoms with Gasteiger partial charge in [0.2, 0.25) is 0 Å². The molecule has 0 amide bonds. The summed E-state index contributed by atoms with van der Waals surface area (Å²) in [5, 5.41) is 8.85. The number of anilines is 1. The van der Waals surface area contributed by atoms with Crippen molar-refractivity contribution in [3.8, 4) is 0 Å². The highest BCUT2D eigenvalue weighted by Crippen LogP contribution is 2.23. The number of H-pyrrole nitrogens is 1. The molecule has 0 saturated carbocycles. The van der Waals surface area contributed by atoms with Crippen molar-refractivity contribution in [1.82, 2.24) is 15.5 Å². The number of aromatic nitrogens is 2. The molecule has 0 saturated heterocycles. The van der Waals surface area contributed by atoms with Gasteiger partial charge in [-0.1, -0.05) is 15.9 Å². The lowest BCUT2D eigenvalue weighted by molar-refractivity contribution is 0.592. The Morgan fingerprint density at radius 2 is 2.20 bits per heavy atom. The monoisotopic (exact) mass is 362 g/mol. The van der Waals surface area contributed by atoms with E-state index in [1.165, 1.54) is 18.3 Å². The van der Waals surface area contributed by atoms with Gasteiger partial charge < -0.3 is 5.32 Å². The maximum absolute atomic E-state index is 13.7. The van der Waals surface area contributed by atoms with Gasteiger partial charge in [0, 0.05) is 16.6 Å². The van der Waals surface area contributed by atoms with Crippen LogP contribution in [0.15, 0.2) is 33.9 Å². The molecule has 9 heteroatoms. The maximum atomic E-state index is 13.7. The van der Waals surface area contributed by atoms with Gasteiger partial charge in [0.15, 0.2) is 5.03 Å². The second kappa shape index (κ2) is 5.90. The predicted octanol–water partition coefficient (Wildman–Crippen LogP) is 1.83. The Morgan fingerprint density at radius 3 is 2.85 bits per heavy atom. The van der Waals surface area contributed by atoms with E-state index in [-0.39, 0.29) is 10.7 Å². The lowest BCUT2D eigenvalue weighted by Gasteiger charge is -2.09. The third-order valence-electron chi connectivity index (χ3n) is 2.49. The number of benzene rings is 1. The van der Waals surface area contributed by atoms with Crippen LogP contribution in [0.2, 0.25) is 0 Å². The predicted molar refractivity (Wildman–Crippen MR) is 76.3 cm³/mol. The fourth-order valence-electron chi connectivity index (χ4n) is 1.62. The van der Waals surface area contributed by atoms with Crippen molar-refractivity contribution in [3.05, 3.63) is 40.2 Å². The van der Waals surface area contributed by atoms with E-state index in [1.807, 2.05) is 0 Å².